The van der Waals surface area contributed by atoms with Crippen LogP contribution in [0.25, 0.3) is 0 Å². The van der Waals surface area contributed by atoms with Gasteiger partial charge in [0.2, 0.25) is 0 Å². The maximum absolute atomic E-state index is 12.7. The molecule has 0 aliphatic heterocycles. The molecular formula is C18H24N2O2. The maximum atomic E-state index is 12.7. The summed E-state index contributed by atoms with van der Waals surface area (Å²) in [5.74, 6) is 0.144. The molecule has 0 unspecified atom stereocenters. The van der Waals surface area contributed by atoms with Gasteiger partial charge in [0.05, 0.1) is 5.54 Å². The number of carbonyl (C=O) groups excluding carboxylic acids is 2. The van der Waals surface area contributed by atoms with Gasteiger partial charge >= 0.3 is 0 Å². The molecule has 0 atom stereocenters. The topological polar surface area (TPSA) is 49.4 Å². The second-order valence-electron chi connectivity index (χ2n) is 6.45. The summed E-state index contributed by atoms with van der Waals surface area (Å²) in [6, 6.07) is 5.51. The van der Waals surface area contributed by atoms with E-state index in [9.17, 15) is 9.59 Å². The average Bonchev–Trinajstić information content (AvgIpc) is 3.18. The fraction of sp³-hybridized carbons (Fsp3) is 0.556. The Labute approximate surface area is 131 Å². The number of fused-ring (bicyclic) bond motifs is 1. The molecule has 0 spiro atoms. The highest BCUT2D eigenvalue weighted by molar-refractivity contribution is 6.05. The summed E-state index contributed by atoms with van der Waals surface area (Å²) in [7, 11) is 0. The van der Waals surface area contributed by atoms with E-state index in [1.807, 2.05) is 18.2 Å². The largest absolute Gasteiger partial charge is 0.345 e. The lowest BCUT2D eigenvalue weighted by Gasteiger charge is -2.26. The number of hydrogen-bond donors (Lipinski definition) is 1. The van der Waals surface area contributed by atoms with Gasteiger partial charge in [-0.3, -0.25) is 9.59 Å². The monoisotopic (exact) mass is 300 g/mol. The predicted molar refractivity (Wildman–Crippen MR) is 86.3 cm³/mol. The lowest BCUT2D eigenvalue weighted by atomic mass is 10.0. The zero-order chi connectivity index (χ0) is 15.7. The fourth-order valence-corrected chi connectivity index (χ4v) is 3.36. The molecule has 1 saturated carbocycles. The number of nitrogens with zero attached hydrogens (tertiary/aromatic N) is 1. The number of ketones is 1. The number of likely N-dealkylation sites (N-methyl/N-ethyl adjacent to an activating group) is 1. The lowest BCUT2D eigenvalue weighted by Crippen LogP contribution is -2.46. The minimum absolute atomic E-state index is 0.0174. The Hall–Kier alpha value is -1.68. The number of hydrogen-bond acceptors (Lipinski definition) is 3. The number of carbonyl (C=O) groups is 2. The van der Waals surface area contributed by atoms with Crippen LogP contribution in [0.15, 0.2) is 18.2 Å². The molecule has 2 aliphatic rings. The van der Waals surface area contributed by atoms with E-state index >= 15 is 0 Å². The first-order valence-corrected chi connectivity index (χ1v) is 8.28. The van der Waals surface area contributed by atoms with Crippen LogP contribution < -0.4 is 5.32 Å². The summed E-state index contributed by atoms with van der Waals surface area (Å²) in [6.45, 7) is 7.22. The van der Waals surface area contributed by atoms with Crippen LogP contribution in [0, 0.1) is 0 Å². The van der Waals surface area contributed by atoms with Crippen LogP contribution in [-0.4, -0.2) is 41.8 Å². The summed E-state index contributed by atoms with van der Waals surface area (Å²) in [6.07, 6.45) is 3.32. The molecule has 0 aromatic heterocycles. The van der Waals surface area contributed by atoms with Gasteiger partial charge in [-0.05, 0) is 44.0 Å². The molecule has 0 bridgehead atoms. The maximum Gasteiger partial charge on any atom is 0.252 e. The Balaban J connectivity index is 1.75. The molecule has 3 rings (SSSR count). The lowest BCUT2D eigenvalue weighted by molar-refractivity contribution is 0.0916. The van der Waals surface area contributed by atoms with Crippen molar-refractivity contribution < 1.29 is 9.59 Å². The van der Waals surface area contributed by atoms with Gasteiger partial charge < -0.3 is 10.2 Å². The first-order chi connectivity index (χ1) is 10.6. The molecule has 1 fully saturated rings. The summed E-state index contributed by atoms with van der Waals surface area (Å²) in [5.41, 5.74) is 2.30. The van der Waals surface area contributed by atoms with Crippen molar-refractivity contribution in [1.29, 1.82) is 0 Å². The van der Waals surface area contributed by atoms with Crippen LogP contribution >= 0.6 is 0 Å². The summed E-state index contributed by atoms with van der Waals surface area (Å²) < 4.78 is 0. The minimum Gasteiger partial charge on any atom is -0.345 e. The Kier molecular flexibility index (Phi) is 4.04. The van der Waals surface area contributed by atoms with E-state index in [1.54, 1.807) is 0 Å². The van der Waals surface area contributed by atoms with E-state index in [2.05, 4.69) is 24.1 Å². The quantitative estimate of drug-likeness (QED) is 0.878. The predicted octanol–water partition coefficient (Wildman–Crippen LogP) is 2.42. The zero-order valence-electron chi connectivity index (χ0n) is 13.4. The van der Waals surface area contributed by atoms with Gasteiger partial charge in [0.25, 0.3) is 5.91 Å². The highest BCUT2D eigenvalue weighted by Crippen LogP contribution is 2.37. The molecule has 0 heterocycles. The highest BCUT2D eigenvalue weighted by Gasteiger charge is 2.45. The van der Waals surface area contributed by atoms with Crippen molar-refractivity contribution in [3.63, 3.8) is 0 Å². The molecule has 1 amide bonds. The van der Waals surface area contributed by atoms with Crippen LogP contribution in [0.4, 0.5) is 0 Å². The first kappa shape index (κ1) is 15.2. The third-order valence-electron chi connectivity index (χ3n) is 4.98. The Morgan fingerprint density at radius 1 is 1.23 bits per heavy atom. The van der Waals surface area contributed by atoms with Crippen molar-refractivity contribution >= 4 is 11.7 Å². The van der Waals surface area contributed by atoms with E-state index in [0.717, 1.165) is 43.6 Å². The van der Waals surface area contributed by atoms with Crippen molar-refractivity contribution in [3.05, 3.63) is 34.9 Å². The Morgan fingerprint density at radius 3 is 2.59 bits per heavy atom. The van der Waals surface area contributed by atoms with Crippen molar-refractivity contribution in [2.75, 3.05) is 19.6 Å². The summed E-state index contributed by atoms with van der Waals surface area (Å²) in [5, 5.41) is 3.24. The van der Waals surface area contributed by atoms with Crippen molar-refractivity contribution in [3.8, 4) is 0 Å². The van der Waals surface area contributed by atoms with Gasteiger partial charge in [0.1, 0.15) is 0 Å². The second-order valence-corrected chi connectivity index (χ2v) is 6.45. The molecule has 22 heavy (non-hydrogen) atoms. The van der Waals surface area contributed by atoms with Gasteiger partial charge in [-0.2, -0.15) is 0 Å². The number of amides is 1. The Morgan fingerprint density at radius 2 is 1.95 bits per heavy atom. The van der Waals surface area contributed by atoms with Gasteiger partial charge in [-0.15, -0.1) is 0 Å². The fourth-order valence-electron chi connectivity index (χ4n) is 3.36. The summed E-state index contributed by atoms with van der Waals surface area (Å²) in [4.78, 5) is 26.9. The highest BCUT2D eigenvalue weighted by atomic mass is 16.2. The average molecular weight is 300 g/mol. The van der Waals surface area contributed by atoms with Gasteiger partial charge in [-0.1, -0.05) is 26.0 Å². The third-order valence-corrected chi connectivity index (χ3v) is 4.98. The second kappa shape index (κ2) is 5.84. The van der Waals surface area contributed by atoms with Crippen molar-refractivity contribution in [2.24, 2.45) is 0 Å². The van der Waals surface area contributed by atoms with Gasteiger partial charge in [0.15, 0.2) is 5.78 Å². The standard InChI is InChI=1S/C18H24N2O2/c1-3-20(4-2)12-18(10-11-18)19-17(22)15-7-5-6-14-13(15)8-9-16(14)21/h5-7H,3-4,8-12H2,1-2H3,(H,19,22). The third kappa shape index (κ3) is 2.80. The van der Waals surface area contributed by atoms with Crippen LogP contribution in [0.3, 0.4) is 0 Å². The van der Waals surface area contributed by atoms with Gasteiger partial charge in [-0.25, -0.2) is 0 Å². The van der Waals surface area contributed by atoms with Crippen molar-refractivity contribution in [2.45, 2.75) is 45.1 Å². The van der Waals surface area contributed by atoms with E-state index in [1.165, 1.54) is 0 Å². The molecule has 118 valence electrons. The number of Topliss-reactive ketones (excluding diaryl/α,β-unsaturated/α-hetero) is 1. The molecule has 4 heteroatoms. The van der Waals surface area contributed by atoms with E-state index < -0.39 is 0 Å². The number of nitrogens with one attached hydrogen (secondary N) is 1. The molecule has 0 radical (unpaired) electrons. The molecule has 4 nitrogen and oxygen atoms in total. The van der Waals surface area contributed by atoms with Crippen LogP contribution in [0.5, 0.6) is 0 Å². The van der Waals surface area contributed by atoms with Crippen LogP contribution in [0.1, 0.15) is 59.4 Å². The molecule has 1 aromatic rings. The van der Waals surface area contributed by atoms with Crippen LogP contribution in [-0.2, 0) is 6.42 Å². The molecular weight excluding hydrogens is 276 g/mol. The zero-order valence-corrected chi connectivity index (χ0v) is 13.4. The molecule has 2 aliphatic carbocycles. The SMILES string of the molecule is CCN(CC)CC1(NC(=O)c2cccc3c2CCC3=O)CC1. The van der Waals surface area contributed by atoms with E-state index in [4.69, 9.17) is 0 Å². The number of benzene rings is 1. The molecule has 0 saturated heterocycles. The smallest absolute Gasteiger partial charge is 0.252 e. The summed E-state index contributed by atoms with van der Waals surface area (Å²) >= 11 is 0. The van der Waals surface area contributed by atoms with E-state index in [0.29, 0.717) is 18.4 Å². The number of rotatable bonds is 6. The minimum atomic E-state index is -0.0611. The Bertz CT molecular complexity index is 601. The first-order valence-electron chi connectivity index (χ1n) is 8.28. The normalized spacial score (nSPS) is 18.4. The molecule has 1 aromatic carbocycles. The van der Waals surface area contributed by atoms with Crippen LogP contribution in [0.2, 0.25) is 0 Å². The molecule has 1 N–H and O–H groups in total. The van der Waals surface area contributed by atoms with Gasteiger partial charge in [0, 0.05) is 24.1 Å². The van der Waals surface area contributed by atoms with E-state index in [-0.39, 0.29) is 17.2 Å². The van der Waals surface area contributed by atoms with Crippen molar-refractivity contribution in [1.82, 2.24) is 10.2 Å².